The maximum absolute atomic E-state index is 3.76. The van der Waals surface area contributed by atoms with Gasteiger partial charge in [0.05, 0.1) is 0 Å². The van der Waals surface area contributed by atoms with Crippen molar-refractivity contribution in [3.8, 4) is 0 Å². The SMILES string of the molecule is C[Si](C)C.[CH2-]CCCCCC.[CH3-].[La]. The quantitative estimate of drug-likeness (QED) is 0.402. The van der Waals surface area contributed by atoms with Gasteiger partial charge in [0.2, 0.25) is 0 Å². The summed E-state index contributed by atoms with van der Waals surface area (Å²) in [5.74, 6) is 0. The van der Waals surface area contributed by atoms with E-state index in [1.165, 1.54) is 25.7 Å². The van der Waals surface area contributed by atoms with Gasteiger partial charge in [0.15, 0.2) is 0 Å². The van der Waals surface area contributed by atoms with Crippen molar-refractivity contribution in [1.29, 1.82) is 0 Å². The fourth-order valence-electron chi connectivity index (χ4n) is 0.604. The van der Waals surface area contributed by atoms with Crippen LogP contribution in [0.15, 0.2) is 0 Å². The molecule has 0 N–H and O–H groups in total. The Balaban J connectivity index is -0.0000000600. The van der Waals surface area contributed by atoms with Gasteiger partial charge in [-0.15, -0.1) is 0 Å². The summed E-state index contributed by atoms with van der Waals surface area (Å²) in [6.45, 7) is 12.8. The maximum atomic E-state index is 3.76. The number of hydrogen-bond donors (Lipinski definition) is 0. The van der Waals surface area contributed by atoms with E-state index in [9.17, 15) is 0 Å². The second-order valence-corrected chi connectivity index (χ2v) is 6.41. The van der Waals surface area contributed by atoms with Crippen molar-refractivity contribution < 1.29 is 35.6 Å². The first-order chi connectivity index (χ1) is 5.15. The van der Waals surface area contributed by atoms with E-state index in [4.69, 9.17) is 0 Å². The number of hydrogen-bond acceptors (Lipinski definition) is 0. The van der Waals surface area contributed by atoms with Crippen LogP contribution in [0, 0.1) is 49.9 Å². The van der Waals surface area contributed by atoms with Crippen molar-refractivity contribution in [3.63, 3.8) is 0 Å². The molecule has 0 fully saturated rings. The molecule has 2 heteroatoms. The Morgan fingerprint density at radius 2 is 1.38 bits per heavy atom. The topological polar surface area (TPSA) is 0 Å². The summed E-state index contributed by atoms with van der Waals surface area (Å²) < 4.78 is 0. The van der Waals surface area contributed by atoms with Crippen molar-refractivity contribution in [1.82, 2.24) is 0 Å². The Labute approximate surface area is 116 Å². The minimum absolute atomic E-state index is 0. The predicted molar refractivity (Wildman–Crippen MR) is 63.9 cm³/mol. The molecule has 2 radical (unpaired) electrons. The first-order valence-electron chi connectivity index (χ1n) is 4.71. The summed E-state index contributed by atoms with van der Waals surface area (Å²) in [6.07, 6.45) is 6.52. The molecule has 13 heavy (non-hydrogen) atoms. The molecule has 0 unspecified atom stereocenters. The first kappa shape index (κ1) is 23.9. The van der Waals surface area contributed by atoms with Crippen LogP contribution in [-0.2, 0) is 0 Å². The summed E-state index contributed by atoms with van der Waals surface area (Å²) in [6, 6.07) is 0. The van der Waals surface area contributed by atoms with Gasteiger partial charge in [-0.05, 0) is 0 Å². The standard InChI is InChI=1S/C7H15.C3H9Si.CH3.La/c1-3-5-7-6-4-2;1-4(2)3;;/h1,3-7H2,2H3;1-3H3;1H3;/q-1;;-1;. The zero-order chi connectivity index (χ0) is 9.11. The van der Waals surface area contributed by atoms with Gasteiger partial charge in [-0.3, -0.25) is 0 Å². The van der Waals surface area contributed by atoms with Crippen molar-refractivity contribution in [2.24, 2.45) is 0 Å². The second-order valence-electron chi connectivity index (χ2n) is 3.41. The Hall–Kier alpha value is 1.41. The third kappa shape index (κ3) is 59.6. The maximum Gasteiger partial charge on any atom is 0.0379 e. The summed E-state index contributed by atoms with van der Waals surface area (Å²) in [5, 5.41) is 0. The van der Waals surface area contributed by atoms with Crippen LogP contribution in [0.4, 0.5) is 0 Å². The van der Waals surface area contributed by atoms with Crippen LogP contribution < -0.4 is 0 Å². The monoisotopic (exact) mass is 326 g/mol. The van der Waals surface area contributed by atoms with Crippen LogP contribution in [0.1, 0.15) is 39.0 Å². The molecule has 0 aliphatic rings. The van der Waals surface area contributed by atoms with E-state index in [1.807, 2.05) is 0 Å². The van der Waals surface area contributed by atoms with Crippen molar-refractivity contribution >= 4 is 8.80 Å². The van der Waals surface area contributed by atoms with Gasteiger partial charge in [-0.25, -0.2) is 0 Å². The van der Waals surface area contributed by atoms with E-state index >= 15 is 0 Å². The van der Waals surface area contributed by atoms with E-state index < -0.39 is 0 Å². The van der Waals surface area contributed by atoms with Crippen LogP contribution >= 0.6 is 0 Å². The summed E-state index contributed by atoms with van der Waals surface area (Å²) in [4.78, 5) is 0. The Morgan fingerprint density at radius 1 is 1.00 bits per heavy atom. The Bertz CT molecular complexity index is 49.3. The van der Waals surface area contributed by atoms with Crippen LogP contribution in [0.5, 0.6) is 0 Å². The van der Waals surface area contributed by atoms with E-state index in [0.717, 1.165) is 6.42 Å². The van der Waals surface area contributed by atoms with Gasteiger partial charge >= 0.3 is 0 Å². The normalized spacial score (nSPS) is 7.85. The first-order valence-corrected chi connectivity index (χ1v) is 7.71. The van der Waals surface area contributed by atoms with Crippen LogP contribution in [-0.4, -0.2) is 8.80 Å². The van der Waals surface area contributed by atoms with Gasteiger partial charge in [0.25, 0.3) is 0 Å². The summed E-state index contributed by atoms with van der Waals surface area (Å²) in [7, 11) is 0.120. The third-order valence-electron chi connectivity index (χ3n) is 1.10. The predicted octanol–water partition coefficient (Wildman–Crippen LogP) is 4.61. The molecular weight excluding hydrogens is 299 g/mol. The minimum atomic E-state index is 0. The molecule has 0 rings (SSSR count). The average Bonchev–Trinajstić information content (AvgIpc) is 1.88. The van der Waals surface area contributed by atoms with Gasteiger partial charge in [-0.1, -0.05) is 52.2 Å². The zero-order valence-electron chi connectivity index (χ0n) is 10.3. The Morgan fingerprint density at radius 3 is 1.62 bits per heavy atom. The molecule has 0 saturated carbocycles. The van der Waals surface area contributed by atoms with Crippen molar-refractivity contribution in [2.45, 2.75) is 58.7 Å². The molecular formula is C11H27LaSi-2. The Kier molecular flexibility index (Phi) is 42.9. The molecule has 80 valence electrons. The molecule has 0 aliphatic heterocycles. The molecule has 0 heterocycles. The van der Waals surface area contributed by atoms with E-state index in [2.05, 4.69) is 33.5 Å². The minimum Gasteiger partial charge on any atom is -0.358 e. The van der Waals surface area contributed by atoms with Crippen molar-refractivity contribution in [2.75, 3.05) is 0 Å². The van der Waals surface area contributed by atoms with Crippen molar-refractivity contribution in [3.05, 3.63) is 14.4 Å². The van der Waals surface area contributed by atoms with Gasteiger partial charge in [0.1, 0.15) is 0 Å². The molecule has 0 aromatic rings. The molecule has 0 atom stereocenters. The largest absolute Gasteiger partial charge is 0.358 e. The summed E-state index contributed by atoms with van der Waals surface area (Å²) in [5.41, 5.74) is 0. The smallest absolute Gasteiger partial charge is 0.0379 e. The second kappa shape index (κ2) is 23.3. The fraction of sp³-hybridized carbons (Fsp3) is 0.818. The number of rotatable bonds is 4. The van der Waals surface area contributed by atoms with E-state index in [0.29, 0.717) is 0 Å². The van der Waals surface area contributed by atoms with Crippen LogP contribution in [0.25, 0.3) is 0 Å². The fourth-order valence-corrected chi connectivity index (χ4v) is 0.604. The van der Waals surface area contributed by atoms with Crippen LogP contribution in [0.3, 0.4) is 0 Å². The molecule has 0 aliphatic carbocycles. The van der Waals surface area contributed by atoms with Crippen LogP contribution in [0.2, 0.25) is 19.6 Å². The molecule has 0 aromatic carbocycles. The van der Waals surface area contributed by atoms with Gasteiger partial charge in [0, 0.05) is 44.4 Å². The molecule has 0 spiro atoms. The third-order valence-corrected chi connectivity index (χ3v) is 1.10. The molecule has 0 nitrogen and oxygen atoms in total. The zero-order valence-corrected chi connectivity index (χ0v) is 14.9. The molecule has 0 bridgehead atoms. The molecule has 0 saturated heterocycles. The average molecular weight is 326 g/mol. The van der Waals surface area contributed by atoms with E-state index in [-0.39, 0.29) is 51.8 Å². The number of unbranched alkanes of at least 4 members (excludes halogenated alkanes) is 4. The van der Waals surface area contributed by atoms with E-state index in [1.54, 1.807) is 0 Å². The van der Waals surface area contributed by atoms with Gasteiger partial charge < -0.3 is 14.4 Å². The van der Waals surface area contributed by atoms with Gasteiger partial charge in [-0.2, -0.15) is 6.42 Å². The summed E-state index contributed by atoms with van der Waals surface area (Å²) >= 11 is 0. The molecule has 0 amide bonds. The molecule has 0 aromatic heterocycles.